The molecule has 3 rings (SSSR count). The highest BCUT2D eigenvalue weighted by atomic mass is 19.1. The predicted molar refractivity (Wildman–Crippen MR) is 92.3 cm³/mol. The molecule has 130 valence electrons. The Morgan fingerprint density at radius 3 is 2.28 bits per heavy atom. The summed E-state index contributed by atoms with van der Waals surface area (Å²) in [5.74, 6) is -0.272. The van der Waals surface area contributed by atoms with E-state index in [2.05, 4.69) is 5.32 Å². The summed E-state index contributed by atoms with van der Waals surface area (Å²) in [5.41, 5.74) is 1.00. The number of anilines is 2. The SMILES string of the molecule is O=C(Nc1ccc([N+](=O)[O-])cc1)N1CCN(c2ccccc2F)CC1. The lowest BCUT2D eigenvalue weighted by Crippen LogP contribution is -2.50. The molecule has 0 aliphatic carbocycles. The van der Waals surface area contributed by atoms with Crippen molar-refractivity contribution in [3.05, 3.63) is 64.5 Å². The normalized spacial score (nSPS) is 14.3. The largest absolute Gasteiger partial charge is 0.366 e. The number of para-hydroxylation sites is 1. The fraction of sp³-hybridized carbons (Fsp3) is 0.235. The van der Waals surface area contributed by atoms with Crippen molar-refractivity contribution in [2.24, 2.45) is 0 Å². The van der Waals surface area contributed by atoms with Gasteiger partial charge >= 0.3 is 6.03 Å². The number of hydrogen-bond acceptors (Lipinski definition) is 4. The molecule has 0 radical (unpaired) electrons. The van der Waals surface area contributed by atoms with Crippen LogP contribution in [0.5, 0.6) is 0 Å². The summed E-state index contributed by atoms with van der Waals surface area (Å²) in [6.07, 6.45) is 0. The van der Waals surface area contributed by atoms with Gasteiger partial charge in [0.2, 0.25) is 0 Å². The Balaban J connectivity index is 1.56. The zero-order valence-corrected chi connectivity index (χ0v) is 13.4. The second-order valence-corrected chi connectivity index (χ2v) is 5.66. The Morgan fingerprint density at radius 2 is 1.68 bits per heavy atom. The van der Waals surface area contributed by atoms with E-state index < -0.39 is 4.92 Å². The Labute approximate surface area is 143 Å². The van der Waals surface area contributed by atoms with Crippen LogP contribution in [-0.2, 0) is 0 Å². The number of urea groups is 1. The zero-order valence-electron chi connectivity index (χ0n) is 13.4. The topological polar surface area (TPSA) is 78.7 Å². The molecule has 0 spiro atoms. The van der Waals surface area contributed by atoms with Crippen LogP contribution < -0.4 is 10.2 Å². The standard InChI is InChI=1S/C17H17FN4O3/c18-15-3-1-2-4-16(15)20-9-11-21(12-10-20)17(23)19-13-5-7-14(8-6-13)22(24)25/h1-8H,9-12H2,(H,19,23). The third-order valence-electron chi connectivity index (χ3n) is 4.09. The molecule has 2 aromatic carbocycles. The number of carbonyl (C=O) groups excluding carboxylic acids is 1. The quantitative estimate of drug-likeness (QED) is 0.685. The van der Waals surface area contributed by atoms with Crippen LogP contribution in [0.4, 0.5) is 26.2 Å². The summed E-state index contributed by atoms with van der Waals surface area (Å²) < 4.78 is 13.8. The van der Waals surface area contributed by atoms with Crippen LogP contribution in [0.25, 0.3) is 0 Å². The molecule has 0 aromatic heterocycles. The van der Waals surface area contributed by atoms with Crippen molar-refractivity contribution in [3.63, 3.8) is 0 Å². The third kappa shape index (κ3) is 3.85. The molecule has 1 aliphatic heterocycles. The Bertz CT molecular complexity index is 774. The van der Waals surface area contributed by atoms with Gasteiger partial charge in [-0.25, -0.2) is 9.18 Å². The minimum absolute atomic E-state index is 0.0310. The number of nitro benzene ring substituents is 1. The lowest BCUT2D eigenvalue weighted by atomic mass is 10.2. The molecule has 1 heterocycles. The number of carbonyl (C=O) groups is 1. The van der Waals surface area contributed by atoms with E-state index in [-0.39, 0.29) is 17.5 Å². The molecule has 1 aliphatic rings. The molecule has 1 fully saturated rings. The number of hydrogen-bond donors (Lipinski definition) is 1. The maximum absolute atomic E-state index is 13.8. The first-order chi connectivity index (χ1) is 12.0. The van der Waals surface area contributed by atoms with Gasteiger partial charge in [-0.3, -0.25) is 10.1 Å². The highest BCUT2D eigenvalue weighted by Gasteiger charge is 2.22. The molecule has 0 bridgehead atoms. The summed E-state index contributed by atoms with van der Waals surface area (Å²) in [5, 5.41) is 13.3. The van der Waals surface area contributed by atoms with E-state index in [0.717, 1.165) is 0 Å². The van der Waals surface area contributed by atoms with Crippen molar-refractivity contribution < 1.29 is 14.1 Å². The van der Waals surface area contributed by atoms with Crippen LogP contribution in [0.15, 0.2) is 48.5 Å². The van der Waals surface area contributed by atoms with Crippen LogP contribution in [0.2, 0.25) is 0 Å². The maximum atomic E-state index is 13.8. The fourth-order valence-corrected chi connectivity index (χ4v) is 2.73. The van der Waals surface area contributed by atoms with E-state index in [4.69, 9.17) is 0 Å². The van der Waals surface area contributed by atoms with Gasteiger partial charge in [-0.15, -0.1) is 0 Å². The minimum Gasteiger partial charge on any atom is -0.366 e. The van der Waals surface area contributed by atoms with E-state index in [0.29, 0.717) is 37.6 Å². The van der Waals surface area contributed by atoms with Crippen LogP contribution in [0, 0.1) is 15.9 Å². The molecule has 2 aromatic rings. The molecule has 0 atom stereocenters. The number of nitrogens with one attached hydrogen (secondary N) is 1. The lowest BCUT2D eigenvalue weighted by molar-refractivity contribution is -0.384. The van der Waals surface area contributed by atoms with E-state index in [1.54, 1.807) is 23.1 Å². The number of rotatable bonds is 3. The average Bonchev–Trinajstić information content (AvgIpc) is 2.63. The summed E-state index contributed by atoms with van der Waals surface area (Å²) in [4.78, 5) is 26.0. The van der Waals surface area contributed by atoms with Crippen molar-refractivity contribution >= 4 is 23.1 Å². The van der Waals surface area contributed by atoms with Crippen LogP contribution in [0.1, 0.15) is 0 Å². The van der Waals surface area contributed by atoms with Gasteiger partial charge in [0.25, 0.3) is 5.69 Å². The van der Waals surface area contributed by atoms with Crippen molar-refractivity contribution in [3.8, 4) is 0 Å². The Morgan fingerprint density at radius 1 is 1.04 bits per heavy atom. The monoisotopic (exact) mass is 344 g/mol. The van der Waals surface area contributed by atoms with Gasteiger partial charge in [-0.1, -0.05) is 12.1 Å². The molecule has 2 amide bonds. The number of benzene rings is 2. The highest BCUT2D eigenvalue weighted by molar-refractivity contribution is 5.89. The number of nitrogens with zero attached hydrogens (tertiary/aromatic N) is 3. The maximum Gasteiger partial charge on any atom is 0.321 e. The molecule has 0 saturated carbocycles. The van der Waals surface area contributed by atoms with Crippen molar-refractivity contribution in [2.45, 2.75) is 0 Å². The van der Waals surface area contributed by atoms with Gasteiger partial charge in [-0.05, 0) is 24.3 Å². The van der Waals surface area contributed by atoms with Gasteiger partial charge < -0.3 is 15.1 Å². The van der Waals surface area contributed by atoms with E-state index in [1.165, 1.54) is 30.3 Å². The van der Waals surface area contributed by atoms with E-state index in [1.807, 2.05) is 4.90 Å². The van der Waals surface area contributed by atoms with Gasteiger partial charge in [0.1, 0.15) is 5.82 Å². The minimum atomic E-state index is -0.493. The van der Waals surface area contributed by atoms with E-state index in [9.17, 15) is 19.3 Å². The molecule has 7 nitrogen and oxygen atoms in total. The number of nitro groups is 1. The van der Waals surface area contributed by atoms with Crippen molar-refractivity contribution in [2.75, 3.05) is 36.4 Å². The molecule has 8 heteroatoms. The van der Waals surface area contributed by atoms with Crippen LogP contribution >= 0.6 is 0 Å². The molecule has 1 N–H and O–H groups in total. The van der Waals surface area contributed by atoms with E-state index >= 15 is 0 Å². The first kappa shape index (κ1) is 16.7. The molecule has 25 heavy (non-hydrogen) atoms. The van der Waals surface area contributed by atoms with Gasteiger partial charge in [0.05, 0.1) is 10.6 Å². The number of non-ortho nitro benzene ring substituents is 1. The number of amides is 2. The van der Waals surface area contributed by atoms with Gasteiger partial charge in [0, 0.05) is 44.0 Å². The number of halogens is 1. The molecular formula is C17H17FN4O3. The molecular weight excluding hydrogens is 327 g/mol. The molecule has 1 saturated heterocycles. The zero-order chi connectivity index (χ0) is 17.8. The Kier molecular flexibility index (Phi) is 4.78. The summed E-state index contributed by atoms with van der Waals surface area (Å²) in [7, 11) is 0. The third-order valence-corrected chi connectivity index (χ3v) is 4.09. The Hall–Kier alpha value is -3.16. The second-order valence-electron chi connectivity index (χ2n) is 5.66. The smallest absolute Gasteiger partial charge is 0.321 e. The van der Waals surface area contributed by atoms with Crippen molar-refractivity contribution in [1.29, 1.82) is 0 Å². The van der Waals surface area contributed by atoms with Crippen LogP contribution in [-0.4, -0.2) is 42.0 Å². The first-order valence-corrected chi connectivity index (χ1v) is 7.84. The predicted octanol–water partition coefficient (Wildman–Crippen LogP) is 3.09. The van der Waals surface area contributed by atoms with Gasteiger partial charge in [-0.2, -0.15) is 0 Å². The summed E-state index contributed by atoms with van der Waals surface area (Å²) >= 11 is 0. The molecule has 0 unspecified atom stereocenters. The highest BCUT2D eigenvalue weighted by Crippen LogP contribution is 2.21. The average molecular weight is 344 g/mol. The summed E-state index contributed by atoms with van der Waals surface area (Å²) in [6.45, 7) is 2.00. The number of piperazine rings is 1. The first-order valence-electron chi connectivity index (χ1n) is 7.84. The lowest BCUT2D eigenvalue weighted by Gasteiger charge is -2.36. The summed E-state index contributed by atoms with van der Waals surface area (Å²) in [6, 6.07) is 12.0. The van der Waals surface area contributed by atoms with Crippen LogP contribution in [0.3, 0.4) is 0 Å². The second kappa shape index (κ2) is 7.16. The van der Waals surface area contributed by atoms with Gasteiger partial charge in [0.15, 0.2) is 0 Å². The fourth-order valence-electron chi connectivity index (χ4n) is 2.73. The van der Waals surface area contributed by atoms with Crippen molar-refractivity contribution in [1.82, 2.24) is 4.90 Å².